The molecule has 0 aliphatic carbocycles. The zero-order valence-electron chi connectivity index (χ0n) is 16.6. The van der Waals surface area contributed by atoms with Crippen LogP contribution in [0.1, 0.15) is 16.7 Å². The van der Waals surface area contributed by atoms with Crippen LogP contribution in [0.3, 0.4) is 0 Å². The van der Waals surface area contributed by atoms with Crippen LogP contribution in [0.25, 0.3) is 6.08 Å². The van der Waals surface area contributed by atoms with Crippen LogP contribution in [0.2, 0.25) is 0 Å². The average Bonchev–Trinajstić information content (AvgIpc) is 3.03. The van der Waals surface area contributed by atoms with Gasteiger partial charge in [-0.25, -0.2) is 0 Å². The highest BCUT2D eigenvalue weighted by Crippen LogP contribution is 2.36. The molecule has 1 fully saturated rings. The number of aromatic hydroxyl groups is 1. The number of nitrogens with one attached hydrogen (secondary N) is 2. The van der Waals surface area contributed by atoms with Crippen molar-refractivity contribution in [2.24, 2.45) is 0 Å². The predicted molar refractivity (Wildman–Crippen MR) is 117 cm³/mol. The number of aryl methyl sites for hydroxylation is 1. The molecule has 29 heavy (non-hydrogen) atoms. The summed E-state index contributed by atoms with van der Waals surface area (Å²) in [7, 11) is 3.11. The lowest BCUT2D eigenvalue weighted by atomic mass is 10.1. The van der Waals surface area contributed by atoms with Crippen LogP contribution in [0.4, 0.5) is 5.69 Å². The zero-order chi connectivity index (χ0) is 21.0. The number of thioether (sulfide) groups is 1. The number of benzene rings is 2. The molecule has 2 aromatic carbocycles. The number of carbonyl (C=O) groups is 1. The Bertz CT molecular complexity index is 972. The fourth-order valence-electron chi connectivity index (χ4n) is 3.03. The standard InChI is InChI=1S/C22H24N2O4S/c1-5-6-15-10-14(11-18(28-4)20(15)25)12-19-21(26)24-22(29-19)23-16-9-13(2)7-8-17(16)27-3/h5,7-12,22-23,25H,1,6H2,2-4H3,(H,24,26)/b19-12-. The third-order valence-corrected chi connectivity index (χ3v) is 5.46. The molecule has 1 amide bonds. The van der Waals surface area contributed by atoms with Crippen LogP contribution in [-0.4, -0.2) is 30.7 Å². The van der Waals surface area contributed by atoms with Crippen LogP contribution in [-0.2, 0) is 11.2 Å². The van der Waals surface area contributed by atoms with Gasteiger partial charge in [0.15, 0.2) is 17.0 Å². The maximum Gasteiger partial charge on any atom is 0.260 e. The smallest absolute Gasteiger partial charge is 0.260 e. The van der Waals surface area contributed by atoms with Crippen molar-refractivity contribution >= 4 is 29.4 Å². The summed E-state index contributed by atoms with van der Waals surface area (Å²) in [6.45, 7) is 5.71. The van der Waals surface area contributed by atoms with E-state index >= 15 is 0 Å². The van der Waals surface area contributed by atoms with Crippen molar-refractivity contribution < 1.29 is 19.4 Å². The van der Waals surface area contributed by atoms with E-state index in [1.165, 1.54) is 18.9 Å². The summed E-state index contributed by atoms with van der Waals surface area (Å²) in [4.78, 5) is 13.0. The number of hydrogen-bond donors (Lipinski definition) is 3. The summed E-state index contributed by atoms with van der Waals surface area (Å²) >= 11 is 1.38. The van der Waals surface area contributed by atoms with E-state index in [-0.39, 0.29) is 17.2 Å². The fourth-order valence-corrected chi connectivity index (χ4v) is 4.01. The Morgan fingerprint density at radius 2 is 2.00 bits per heavy atom. The van der Waals surface area contributed by atoms with Gasteiger partial charge in [-0.05, 0) is 54.8 Å². The highest BCUT2D eigenvalue weighted by molar-refractivity contribution is 8.05. The second-order valence-corrected chi connectivity index (χ2v) is 7.70. The first-order chi connectivity index (χ1) is 13.9. The highest BCUT2D eigenvalue weighted by atomic mass is 32.2. The number of amides is 1. The summed E-state index contributed by atoms with van der Waals surface area (Å²) < 4.78 is 10.6. The lowest BCUT2D eigenvalue weighted by molar-refractivity contribution is -0.116. The molecule has 3 N–H and O–H groups in total. The van der Waals surface area contributed by atoms with Crippen molar-refractivity contribution in [3.05, 3.63) is 64.6 Å². The molecule has 1 aliphatic rings. The molecule has 0 radical (unpaired) electrons. The van der Waals surface area contributed by atoms with Gasteiger partial charge in [-0.15, -0.1) is 6.58 Å². The second-order valence-electron chi connectivity index (χ2n) is 6.55. The number of phenols is 1. The van der Waals surface area contributed by atoms with Crippen LogP contribution < -0.4 is 20.1 Å². The quantitative estimate of drug-likeness (QED) is 0.470. The molecule has 1 aliphatic heterocycles. The van der Waals surface area contributed by atoms with Crippen molar-refractivity contribution in [1.29, 1.82) is 0 Å². The molecule has 7 heteroatoms. The minimum absolute atomic E-state index is 0.0872. The summed E-state index contributed by atoms with van der Waals surface area (Å²) in [6.07, 6.45) is 3.98. The first-order valence-corrected chi connectivity index (χ1v) is 9.94. The molecule has 0 saturated carbocycles. The normalized spacial score (nSPS) is 17.1. The van der Waals surface area contributed by atoms with E-state index in [0.29, 0.717) is 28.4 Å². The number of anilines is 1. The molecule has 1 heterocycles. The Balaban J connectivity index is 1.83. The first-order valence-electron chi connectivity index (χ1n) is 9.06. The number of rotatable bonds is 7. The van der Waals surface area contributed by atoms with Crippen LogP contribution in [0, 0.1) is 6.92 Å². The van der Waals surface area contributed by atoms with E-state index in [1.54, 1.807) is 25.3 Å². The van der Waals surface area contributed by atoms with Gasteiger partial charge in [0.05, 0.1) is 24.8 Å². The average molecular weight is 413 g/mol. The van der Waals surface area contributed by atoms with Crippen LogP contribution in [0.5, 0.6) is 17.2 Å². The number of carbonyl (C=O) groups excluding carboxylic acids is 1. The lowest BCUT2D eigenvalue weighted by Gasteiger charge is -2.16. The highest BCUT2D eigenvalue weighted by Gasteiger charge is 2.28. The summed E-state index contributed by atoms with van der Waals surface area (Å²) in [6, 6.07) is 9.35. The Morgan fingerprint density at radius 1 is 1.24 bits per heavy atom. The van der Waals surface area contributed by atoms with E-state index in [4.69, 9.17) is 9.47 Å². The molecular formula is C22H24N2O4S. The minimum atomic E-state index is -0.323. The Morgan fingerprint density at radius 3 is 2.69 bits per heavy atom. The topological polar surface area (TPSA) is 79.8 Å². The minimum Gasteiger partial charge on any atom is -0.504 e. The van der Waals surface area contributed by atoms with E-state index in [2.05, 4.69) is 17.2 Å². The Hall–Kier alpha value is -3.06. The van der Waals surface area contributed by atoms with E-state index in [1.807, 2.05) is 31.2 Å². The number of ether oxygens (including phenoxy) is 2. The predicted octanol–water partition coefficient (Wildman–Crippen LogP) is 4.05. The molecule has 0 aromatic heterocycles. The lowest BCUT2D eigenvalue weighted by Crippen LogP contribution is -2.31. The monoisotopic (exact) mass is 412 g/mol. The van der Waals surface area contributed by atoms with Crippen molar-refractivity contribution in [2.75, 3.05) is 19.5 Å². The number of hydrogen-bond acceptors (Lipinski definition) is 6. The molecule has 152 valence electrons. The van der Waals surface area contributed by atoms with E-state index in [0.717, 1.165) is 16.8 Å². The largest absolute Gasteiger partial charge is 0.504 e. The Labute approximate surface area is 174 Å². The van der Waals surface area contributed by atoms with E-state index < -0.39 is 0 Å². The second kappa shape index (κ2) is 8.96. The van der Waals surface area contributed by atoms with Gasteiger partial charge in [0.25, 0.3) is 5.91 Å². The van der Waals surface area contributed by atoms with Gasteiger partial charge in [0, 0.05) is 5.56 Å². The van der Waals surface area contributed by atoms with Crippen molar-refractivity contribution in [3.63, 3.8) is 0 Å². The SMILES string of the molecule is C=CCc1cc(/C=C2\SC(Nc3cc(C)ccc3OC)NC2=O)cc(OC)c1O. The third kappa shape index (κ3) is 4.68. The van der Waals surface area contributed by atoms with Crippen LogP contribution in [0.15, 0.2) is 47.9 Å². The van der Waals surface area contributed by atoms with Gasteiger partial charge in [0.2, 0.25) is 0 Å². The first kappa shape index (κ1) is 20.7. The summed E-state index contributed by atoms with van der Waals surface area (Å²) in [5, 5.41) is 16.4. The fraction of sp³-hybridized carbons (Fsp3) is 0.227. The summed E-state index contributed by atoms with van der Waals surface area (Å²) in [5.41, 5.74) is 3.03. The van der Waals surface area contributed by atoms with Gasteiger partial charge in [-0.1, -0.05) is 23.9 Å². The van der Waals surface area contributed by atoms with E-state index in [9.17, 15) is 9.90 Å². The molecule has 6 nitrogen and oxygen atoms in total. The number of methoxy groups -OCH3 is 2. The molecule has 1 atom stereocenters. The van der Waals surface area contributed by atoms with Crippen LogP contribution >= 0.6 is 11.8 Å². The summed E-state index contributed by atoms with van der Waals surface area (Å²) in [5.74, 6) is 0.986. The molecule has 0 bridgehead atoms. The third-order valence-electron chi connectivity index (χ3n) is 4.43. The molecule has 3 rings (SSSR count). The van der Waals surface area contributed by atoms with Crippen molar-refractivity contribution in [1.82, 2.24) is 5.32 Å². The molecular weight excluding hydrogens is 388 g/mol. The number of phenolic OH excluding ortho intramolecular Hbond substituents is 1. The maximum absolute atomic E-state index is 12.5. The number of allylic oxidation sites excluding steroid dienone is 1. The molecule has 2 aromatic rings. The van der Waals surface area contributed by atoms with Gasteiger partial charge in [-0.2, -0.15) is 0 Å². The molecule has 1 saturated heterocycles. The van der Waals surface area contributed by atoms with Gasteiger partial charge in [0.1, 0.15) is 5.75 Å². The van der Waals surface area contributed by atoms with Gasteiger partial charge >= 0.3 is 0 Å². The van der Waals surface area contributed by atoms with Gasteiger partial charge < -0.3 is 25.2 Å². The Kier molecular flexibility index (Phi) is 6.39. The van der Waals surface area contributed by atoms with Gasteiger partial charge in [-0.3, -0.25) is 4.79 Å². The molecule has 1 unspecified atom stereocenters. The maximum atomic E-state index is 12.5. The van der Waals surface area contributed by atoms with Crippen molar-refractivity contribution in [2.45, 2.75) is 18.8 Å². The molecule has 0 spiro atoms. The zero-order valence-corrected chi connectivity index (χ0v) is 17.4. The van der Waals surface area contributed by atoms with Crippen molar-refractivity contribution in [3.8, 4) is 17.2 Å².